The van der Waals surface area contributed by atoms with Crippen molar-refractivity contribution in [3.05, 3.63) is 40.4 Å². The molecule has 0 atom stereocenters. The highest BCUT2D eigenvalue weighted by Crippen LogP contribution is 2.09. The molecule has 0 spiro atoms. The fourth-order valence-electron chi connectivity index (χ4n) is 1.67. The lowest BCUT2D eigenvalue weighted by atomic mass is 10.2. The van der Waals surface area contributed by atoms with E-state index >= 15 is 0 Å². The molecule has 0 bridgehead atoms. The van der Waals surface area contributed by atoms with E-state index in [0.29, 0.717) is 16.7 Å². The first-order valence-corrected chi connectivity index (χ1v) is 5.82. The van der Waals surface area contributed by atoms with Crippen molar-refractivity contribution in [1.29, 1.82) is 0 Å². The van der Waals surface area contributed by atoms with Crippen LogP contribution in [0.25, 0.3) is 10.9 Å². The lowest BCUT2D eigenvalue weighted by molar-refractivity contribution is -0.141. The molecule has 0 saturated heterocycles. The SMILES string of the molecule is COC(=O)Cn1c(CCl)nc2ccccc2c1=O. The summed E-state index contributed by atoms with van der Waals surface area (Å²) in [7, 11) is 1.27. The largest absolute Gasteiger partial charge is 0.468 e. The monoisotopic (exact) mass is 266 g/mol. The number of methoxy groups -OCH3 is 1. The third-order valence-corrected chi connectivity index (χ3v) is 2.81. The van der Waals surface area contributed by atoms with Crippen molar-refractivity contribution in [3.8, 4) is 0 Å². The van der Waals surface area contributed by atoms with Crippen molar-refractivity contribution in [1.82, 2.24) is 9.55 Å². The summed E-state index contributed by atoms with van der Waals surface area (Å²) in [5.74, 6) is -0.108. The molecule has 0 N–H and O–H groups in total. The van der Waals surface area contributed by atoms with E-state index in [9.17, 15) is 9.59 Å². The van der Waals surface area contributed by atoms with Crippen LogP contribution in [0.1, 0.15) is 5.82 Å². The summed E-state index contributed by atoms with van der Waals surface area (Å²) in [5, 5.41) is 0.454. The van der Waals surface area contributed by atoms with Gasteiger partial charge < -0.3 is 4.74 Å². The fourth-order valence-corrected chi connectivity index (χ4v) is 1.88. The number of carbonyl (C=O) groups is 1. The highest BCUT2D eigenvalue weighted by atomic mass is 35.5. The molecule has 0 aliphatic rings. The number of hydrogen-bond acceptors (Lipinski definition) is 4. The molecule has 0 unspecified atom stereocenters. The van der Waals surface area contributed by atoms with Gasteiger partial charge in [-0.15, -0.1) is 11.6 Å². The second-order valence-corrected chi connectivity index (χ2v) is 3.91. The Labute approximate surface area is 108 Å². The number of carbonyl (C=O) groups excluding carboxylic acids is 1. The molecule has 0 aliphatic heterocycles. The van der Waals surface area contributed by atoms with Crippen LogP contribution in [0.15, 0.2) is 29.1 Å². The number of rotatable bonds is 3. The number of nitrogens with zero attached hydrogens (tertiary/aromatic N) is 2. The van der Waals surface area contributed by atoms with Gasteiger partial charge in [-0.05, 0) is 12.1 Å². The highest BCUT2D eigenvalue weighted by molar-refractivity contribution is 6.16. The van der Waals surface area contributed by atoms with Crippen molar-refractivity contribution >= 4 is 28.5 Å². The Balaban J connectivity index is 2.66. The smallest absolute Gasteiger partial charge is 0.325 e. The van der Waals surface area contributed by atoms with Gasteiger partial charge in [0.15, 0.2) is 0 Å². The number of hydrogen-bond donors (Lipinski definition) is 0. The first-order valence-electron chi connectivity index (χ1n) is 5.28. The van der Waals surface area contributed by atoms with Crippen LogP contribution in [0.2, 0.25) is 0 Å². The molecule has 18 heavy (non-hydrogen) atoms. The molecule has 0 aliphatic carbocycles. The van der Waals surface area contributed by atoms with Crippen molar-refractivity contribution in [2.45, 2.75) is 12.4 Å². The molecule has 1 aromatic heterocycles. The Morgan fingerprint density at radius 2 is 2.17 bits per heavy atom. The Morgan fingerprint density at radius 3 is 2.83 bits per heavy atom. The predicted octanol–water partition coefficient (Wildman–Crippen LogP) is 1.31. The number of ether oxygens (including phenoxy) is 1. The van der Waals surface area contributed by atoms with Crippen LogP contribution in [0.4, 0.5) is 0 Å². The number of halogens is 1. The second-order valence-electron chi connectivity index (χ2n) is 3.65. The third-order valence-electron chi connectivity index (χ3n) is 2.58. The van der Waals surface area contributed by atoms with Gasteiger partial charge in [0.1, 0.15) is 12.4 Å². The zero-order valence-electron chi connectivity index (χ0n) is 9.72. The normalized spacial score (nSPS) is 10.6. The summed E-state index contributed by atoms with van der Waals surface area (Å²) in [5.41, 5.74) is 0.279. The average Bonchev–Trinajstić information content (AvgIpc) is 2.41. The van der Waals surface area contributed by atoms with E-state index in [1.165, 1.54) is 11.7 Å². The summed E-state index contributed by atoms with van der Waals surface area (Å²) in [6.07, 6.45) is 0. The van der Waals surface area contributed by atoms with Crippen LogP contribution < -0.4 is 5.56 Å². The summed E-state index contributed by atoms with van der Waals surface area (Å²) < 4.78 is 5.79. The van der Waals surface area contributed by atoms with Crippen LogP contribution in [-0.4, -0.2) is 22.6 Å². The molecule has 0 radical (unpaired) electrons. The molecule has 6 heteroatoms. The van der Waals surface area contributed by atoms with Gasteiger partial charge in [0, 0.05) is 0 Å². The van der Waals surface area contributed by atoms with Gasteiger partial charge in [0.2, 0.25) is 0 Å². The highest BCUT2D eigenvalue weighted by Gasteiger charge is 2.13. The average molecular weight is 267 g/mol. The maximum atomic E-state index is 12.2. The fraction of sp³-hybridized carbons (Fsp3) is 0.250. The van der Waals surface area contributed by atoms with Crippen molar-refractivity contribution < 1.29 is 9.53 Å². The number of para-hydroxylation sites is 1. The quantitative estimate of drug-likeness (QED) is 0.621. The first kappa shape index (κ1) is 12.6. The van der Waals surface area contributed by atoms with Crippen LogP contribution in [-0.2, 0) is 22.0 Å². The number of benzene rings is 1. The van der Waals surface area contributed by atoms with E-state index in [4.69, 9.17) is 11.6 Å². The summed E-state index contributed by atoms with van der Waals surface area (Å²) in [6.45, 7) is -0.185. The molecule has 94 valence electrons. The minimum absolute atomic E-state index is 0.0526. The summed E-state index contributed by atoms with van der Waals surface area (Å²) in [4.78, 5) is 27.8. The molecule has 2 aromatic rings. The van der Waals surface area contributed by atoms with E-state index < -0.39 is 5.97 Å². The molecule has 5 nitrogen and oxygen atoms in total. The molecule has 0 amide bonds. The Hall–Kier alpha value is -1.88. The second kappa shape index (κ2) is 5.18. The molecule has 0 fully saturated rings. The minimum Gasteiger partial charge on any atom is -0.468 e. The number of alkyl halides is 1. The predicted molar refractivity (Wildman–Crippen MR) is 67.6 cm³/mol. The minimum atomic E-state index is -0.513. The molecule has 2 rings (SSSR count). The Morgan fingerprint density at radius 1 is 1.44 bits per heavy atom. The third kappa shape index (κ3) is 2.22. The van der Waals surface area contributed by atoms with Crippen molar-refractivity contribution in [2.75, 3.05) is 7.11 Å². The van der Waals surface area contributed by atoms with Gasteiger partial charge >= 0.3 is 5.97 Å². The van der Waals surface area contributed by atoms with Gasteiger partial charge in [-0.3, -0.25) is 14.2 Å². The number of aromatic nitrogens is 2. The molecule has 0 saturated carbocycles. The van der Waals surface area contributed by atoms with Crippen molar-refractivity contribution in [2.24, 2.45) is 0 Å². The number of fused-ring (bicyclic) bond motifs is 1. The van der Waals surface area contributed by atoms with Gasteiger partial charge in [0.25, 0.3) is 5.56 Å². The standard InChI is InChI=1S/C12H11ClN2O3/c1-18-11(16)7-15-10(6-13)14-9-5-3-2-4-8(9)12(15)17/h2-5H,6-7H2,1H3. The topological polar surface area (TPSA) is 61.2 Å². The van der Waals surface area contributed by atoms with Crippen LogP contribution in [0, 0.1) is 0 Å². The van der Waals surface area contributed by atoms with Gasteiger partial charge in [0.05, 0.1) is 23.9 Å². The van der Waals surface area contributed by atoms with Crippen LogP contribution in [0.3, 0.4) is 0 Å². The van der Waals surface area contributed by atoms with E-state index in [2.05, 4.69) is 9.72 Å². The Kier molecular flexibility index (Phi) is 3.62. The van der Waals surface area contributed by atoms with Gasteiger partial charge in [-0.1, -0.05) is 12.1 Å². The zero-order chi connectivity index (χ0) is 13.1. The maximum absolute atomic E-state index is 12.2. The van der Waals surface area contributed by atoms with E-state index in [1.807, 2.05) is 0 Å². The van der Waals surface area contributed by atoms with E-state index in [1.54, 1.807) is 24.3 Å². The van der Waals surface area contributed by atoms with Gasteiger partial charge in [-0.25, -0.2) is 4.98 Å². The number of esters is 1. The lowest BCUT2D eigenvalue weighted by Crippen LogP contribution is -2.28. The molecular weight excluding hydrogens is 256 g/mol. The first-order chi connectivity index (χ1) is 8.67. The maximum Gasteiger partial charge on any atom is 0.325 e. The van der Waals surface area contributed by atoms with Gasteiger partial charge in [-0.2, -0.15) is 0 Å². The van der Waals surface area contributed by atoms with Crippen LogP contribution >= 0.6 is 11.6 Å². The van der Waals surface area contributed by atoms with E-state index in [0.717, 1.165) is 0 Å². The summed E-state index contributed by atoms with van der Waals surface area (Å²) in [6, 6.07) is 6.93. The molecular formula is C12H11ClN2O3. The Bertz CT molecular complexity index is 651. The van der Waals surface area contributed by atoms with Crippen molar-refractivity contribution in [3.63, 3.8) is 0 Å². The van der Waals surface area contributed by atoms with Crippen LogP contribution in [0.5, 0.6) is 0 Å². The van der Waals surface area contributed by atoms with E-state index in [-0.39, 0.29) is 18.0 Å². The molecule has 1 aromatic carbocycles. The summed E-state index contributed by atoms with van der Waals surface area (Å²) >= 11 is 5.76. The molecule has 1 heterocycles. The lowest BCUT2D eigenvalue weighted by Gasteiger charge is -2.10. The zero-order valence-corrected chi connectivity index (χ0v) is 10.5.